The number of hydrogen-bond donors (Lipinski definition) is 2. The van der Waals surface area contributed by atoms with Crippen LogP contribution in [0.4, 0.5) is 5.69 Å². The number of anilines is 1. The SMILES string of the molecule is CNC(=O)c1cccc(NC(=O)COc2cc(Cl)cc(Cl)c2)c1. The maximum Gasteiger partial charge on any atom is 0.262 e. The molecule has 0 aromatic heterocycles. The van der Waals surface area contributed by atoms with Crippen molar-refractivity contribution >= 4 is 40.7 Å². The van der Waals surface area contributed by atoms with E-state index in [4.69, 9.17) is 27.9 Å². The summed E-state index contributed by atoms with van der Waals surface area (Å²) in [7, 11) is 1.54. The zero-order chi connectivity index (χ0) is 16.8. The van der Waals surface area contributed by atoms with E-state index in [1.807, 2.05) is 0 Å². The zero-order valence-electron chi connectivity index (χ0n) is 12.2. The molecule has 2 N–H and O–H groups in total. The fraction of sp³-hybridized carbons (Fsp3) is 0.125. The maximum atomic E-state index is 11.9. The largest absolute Gasteiger partial charge is 0.484 e. The Balaban J connectivity index is 1.96. The van der Waals surface area contributed by atoms with Crippen LogP contribution in [-0.2, 0) is 4.79 Å². The van der Waals surface area contributed by atoms with Gasteiger partial charge in [-0.1, -0.05) is 29.3 Å². The van der Waals surface area contributed by atoms with Gasteiger partial charge in [0, 0.05) is 28.3 Å². The highest BCUT2D eigenvalue weighted by molar-refractivity contribution is 6.34. The van der Waals surface area contributed by atoms with Gasteiger partial charge in [0.05, 0.1) is 0 Å². The molecule has 120 valence electrons. The van der Waals surface area contributed by atoms with Gasteiger partial charge in [-0.25, -0.2) is 0 Å². The van der Waals surface area contributed by atoms with Crippen molar-refractivity contribution in [2.45, 2.75) is 0 Å². The first kappa shape index (κ1) is 17.1. The van der Waals surface area contributed by atoms with E-state index >= 15 is 0 Å². The Hall–Kier alpha value is -2.24. The average molecular weight is 353 g/mol. The molecule has 0 aliphatic heterocycles. The van der Waals surface area contributed by atoms with Crippen LogP contribution in [0.3, 0.4) is 0 Å². The van der Waals surface area contributed by atoms with Gasteiger partial charge in [-0.05, 0) is 36.4 Å². The Kier molecular flexibility index (Phi) is 5.84. The van der Waals surface area contributed by atoms with Gasteiger partial charge in [0.25, 0.3) is 11.8 Å². The Morgan fingerprint density at radius 1 is 1.09 bits per heavy atom. The molecule has 0 spiro atoms. The van der Waals surface area contributed by atoms with Crippen molar-refractivity contribution in [3.05, 3.63) is 58.1 Å². The highest BCUT2D eigenvalue weighted by atomic mass is 35.5. The third kappa shape index (κ3) is 5.16. The van der Waals surface area contributed by atoms with Gasteiger partial charge in [0.1, 0.15) is 5.75 Å². The summed E-state index contributed by atoms with van der Waals surface area (Å²) in [6.07, 6.45) is 0. The Morgan fingerprint density at radius 3 is 2.43 bits per heavy atom. The number of hydrogen-bond acceptors (Lipinski definition) is 3. The van der Waals surface area contributed by atoms with Crippen LogP contribution in [0, 0.1) is 0 Å². The van der Waals surface area contributed by atoms with Crippen LogP contribution in [-0.4, -0.2) is 25.5 Å². The molecule has 2 aromatic rings. The van der Waals surface area contributed by atoms with Gasteiger partial charge in [0.2, 0.25) is 0 Å². The predicted molar refractivity (Wildman–Crippen MR) is 90.4 cm³/mol. The molecule has 2 amide bonds. The molecule has 5 nitrogen and oxygen atoms in total. The number of nitrogens with one attached hydrogen (secondary N) is 2. The van der Waals surface area contributed by atoms with Gasteiger partial charge in [-0.3, -0.25) is 9.59 Å². The summed E-state index contributed by atoms with van der Waals surface area (Å²) in [5, 5.41) is 6.01. The molecule has 2 aromatic carbocycles. The number of carbonyl (C=O) groups is 2. The minimum absolute atomic E-state index is 0.207. The van der Waals surface area contributed by atoms with Crippen molar-refractivity contribution in [3.63, 3.8) is 0 Å². The molecular formula is C16H14Cl2N2O3. The number of rotatable bonds is 5. The summed E-state index contributed by atoms with van der Waals surface area (Å²) in [5.41, 5.74) is 0.955. The van der Waals surface area contributed by atoms with E-state index in [1.54, 1.807) is 42.5 Å². The molecule has 0 saturated carbocycles. The lowest BCUT2D eigenvalue weighted by molar-refractivity contribution is -0.118. The summed E-state index contributed by atoms with van der Waals surface area (Å²) in [4.78, 5) is 23.5. The molecule has 0 atom stereocenters. The van der Waals surface area contributed by atoms with Crippen molar-refractivity contribution < 1.29 is 14.3 Å². The predicted octanol–water partition coefficient (Wildman–Crippen LogP) is 3.37. The first-order chi connectivity index (χ1) is 11.0. The minimum Gasteiger partial charge on any atom is -0.484 e. The number of amides is 2. The molecule has 0 fully saturated rings. The molecule has 0 saturated heterocycles. The summed E-state index contributed by atoms with van der Waals surface area (Å²) in [6, 6.07) is 11.3. The topological polar surface area (TPSA) is 67.4 Å². The Bertz CT molecular complexity index is 715. The fourth-order valence-corrected chi connectivity index (χ4v) is 2.35. The first-order valence-corrected chi connectivity index (χ1v) is 7.44. The molecule has 0 aliphatic carbocycles. The number of halogens is 2. The van der Waals surface area contributed by atoms with E-state index in [-0.39, 0.29) is 18.4 Å². The summed E-state index contributed by atoms with van der Waals surface area (Å²) >= 11 is 11.7. The van der Waals surface area contributed by atoms with Gasteiger partial charge in [-0.2, -0.15) is 0 Å². The van der Waals surface area contributed by atoms with Gasteiger partial charge in [0.15, 0.2) is 6.61 Å². The van der Waals surface area contributed by atoms with Crippen LogP contribution in [0.2, 0.25) is 10.0 Å². The van der Waals surface area contributed by atoms with Crippen LogP contribution in [0.1, 0.15) is 10.4 Å². The molecule has 23 heavy (non-hydrogen) atoms. The molecule has 0 radical (unpaired) electrons. The average Bonchev–Trinajstić information content (AvgIpc) is 2.51. The van der Waals surface area contributed by atoms with Crippen molar-refractivity contribution in [2.75, 3.05) is 19.0 Å². The third-order valence-electron chi connectivity index (χ3n) is 2.84. The van der Waals surface area contributed by atoms with Crippen LogP contribution >= 0.6 is 23.2 Å². The minimum atomic E-state index is -0.366. The molecular weight excluding hydrogens is 339 g/mol. The lowest BCUT2D eigenvalue weighted by atomic mass is 10.2. The first-order valence-electron chi connectivity index (χ1n) is 6.69. The lowest BCUT2D eigenvalue weighted by Crippen LogP contribution is -2.21. The zero-order valence-corrected chi connectivity index (χ0v) is 13.7. The Labute approximate surface area is 143 Å². The number of ether oxygens (including phenoxy) is 1. The van der Waals surface area contributed by atoms with Crippen molar-refractivity contribution in [2.24, 2.45) is 0 Å². The smallest absolute Gasteiger partial charge is 0.262 e. The van der Waals surface area contributed by atoms with Crippen molar-refractivity contribution in [1.29, 1.82) is 0 Å². The standard InChI is InChI=1S/C16H14Cl2N2O3/c1-19-16(22)10-3-2-4-13(5-10)20-15(21)9-23-14-7-11(17)6-12(18)8-14/h2-8H,9H2,1H3,(H,19,22)(H,20,21). The van der Waals surface area contributed by atoms with E-state index < -0.39 is 0 Å². The molecule has 2 rings (SSSR count). The highest BCUT2D eigenvalue weighted by Crippen LogP contribution is 2.24. The van der Waals surface area contributed by atoms with Crippen LogP contribution in [0.5, 0.6) is 5.75 Å². The van der Waals surface area contributed by atoms with Gasteiger partial charge >= 0.3 is 0 Å². The second kappa shape index (κ2) is 7.85. The van der Waals surface area contributed by atoms with Gasteiger partial charge in [-0.15, -0.1) is 0 Å². The van der Waals surface area contributed by atoms with E-state index in [0.29, 0.717) is 27.0 Å². The van der Waals surface area contributed by atoms with E-state index in [2.05, 4.69) is 10.6 Å². The lowest BCUT2D eigenvalue weighted by Gasteiger charge is -2.09. The molecule has 0 aliphatic rings. The molecule has 0 heterocycles. The quantitative estimate of drug-likeness (QED) is 0.866. The summed E-state index contributed by atoms with van der Waals surface area (Å²) < 4.78 is 5.34. The van der Waals surface area contributed by atoms with E-state index in [9.17, 15) is 9.59 Å². The summed E-state index contributed by atoms with van der Waals surface area (Å²) in [6.45, 7) is -0.207. The number of benzene rings is 2. The van der Waals surface area contributed by atoms with Crippen molar-refractivity contribution in [3.8, 4) is 5.75 Å². The second-order valence-corrected chi connectivity index (χ2v) is 5.47. The molecule has 7 heteroatoms. The normalized spacial score (nSPS) is 10.0. The van der Waals surface area contributed by atoms with Crippen LogP contribution in [0.25, 0.3) is 0 Å². The van der Waals surface area contributed by atoms with Gasteiger partial charge < -0.3 is 15.4 Å². The van der Waals surface area contributed by atoms with Crippen LogP contribution < -0.4 is 15.4 Å². The second-order valence-electron chi connectivity index (χ2n) is 4.60. The van der Waals surface area contributed by atoms with E-state index in [1.165, 1.54) is 7.05 Å². The van der Waals surface area contributed by atoms with Crippen molar-refractivity contribution in [1.82, 2.24) is 5.32 Å². The maximum absolute atomic E-state index is 11.9. The monoisotopic (exact) mass is 352 g/mol. The molecule has 0 bridgehead atoms. The molecule has 0 unspecified atom stereocenters. The summed E-state index contributed by atoms with van der Waals surface area (Å²) in [5.74, 6) is -0.196. The third-order valence-corrected chi connectivity index (χ3v) is 3.28. The fourth-order valence-electron chi connectivity index (χ4n) is 1.84. The highest BCUT2D eigenvalue weighted by Gasteiger charge is 2.08. The van der Waals surface area contributed by atoms with E-state index in [0.717, 1.165) is 0 Å². The van der Waals surface area contributed by atoms with Crippen LogP contribution in [0.15, 0.2) is 42.5 Å². The Morgan fingerprint density at radius 2 is 1.78 bits per heavy atom. The number of carbonyl (C=O) groups excluding carboxylic acids is 2.